The van der Waals surface area contributed by atoms with Crippen LogP contribution < -0.4 is 0 Å². The van der Waals surface area contributed by atoms with Crippen molar-refractivity contribution in [3.63, 3.8) is 0 Å². The number of hydrogen-bond donors (Lipinski definition) is 0. The van der Waals surface area contributed by atoms with E-state index in [1.165, 1.54) is 11.6 Å². The summed E-state index contributed by atoms with van der Waals surface area (Å²) in [5.41, 5.74) is 1.44. The van der Waals surface area contributed by atoms with Crippen LogP contribution in [-0.2, 0) is 17.5 Å². The predicted molar refractivity (Wildman–Crippen MR) is 118 cm³/mol. The number of rotatable bonds is 5. The quantitative estimate of drug-likeness (QED) is 0.415. The van der Waals surface area contributed by atoms with Crippen LogP contribution in [-0.4, -0.2) is 57.1 Å². The molecule has 1 atom stereocenters. The third kappa shape index (κ3) is 5.21. The summed E-state index contributed by atoms with van der Waals surface area (Å²) in [6, 6.07) is 16.7. The minimum Gasteiger partial charge on any atom is -0.339 e. The maximum atomic E-state index is 13.3. The Bertz CT molecular complexity index is 1090. The average Bonchev–Trinajstić information content (AvgIpc) is 2.79. The number of benzene rings is 2. The first-order valence-electron chi connectivity index (χ1n) is 10.4. The van der Waals surface area contributed by atoms with Crippen molar-refractivity contribution in [2.75, 3.05) is 26.2 Å². The molecule has 1 saturated heterocycles. The number of hydrogen-bond acceptors (Lipinski definition) is 5. The Hall–Kier alpha value is -2.65. The largest absolute Gasteiger partial charge is 0.451 e. The number of halogens is 3. The first-order valence-corrected chi connectivity index (χ1v) is 11.2. The van der Waals surface area contributed by atoms with E-state index < -0.39 is 17.3 Å². The Balaban J connectivity index is 1.42. The maximum Gasteiger partial charge on any atom is 0.451 e. The molecule has 2 aromatic carbocycles. The van der Waals surface area contributed by atoms with Gasteiger partial charge in [-0.05, 0) is 18.6 Å². The summed E-state index contributed by atoms with van der Waals surface area (Å²) in [5.74, 6) is -1.28. The van der Waals surface area contributed by atoms with Crippen LogP contribution in [0.1, 0.15) is 18.3 Å². The third-order valence-corrected chi connectivity index (χ3v) is 6.48. The van der Waals surface area contributed by atoms with Gasteiger partial charge in [-0.25, -0.2) is 9.97 Å². The number of amides is 1. The third-order valence-electron chi connectivity index (χ3n) is 5.39. The van der Waals surface area contributed by atoms with E-state index in [2.05, 4.69) is 27.0 Å². The van der Waals surface area contributed by atoms with Crippen LogP contribution >= 0.6 is 11.8 Å². The summed E-state index contributed by atoms with van der Waals surface area (Å²) in [7, 11) is 0. The number of carbonyl (C=O) groups excluding carboxylic acids is 1. The fourth-order valence-electron chi connectivity index (χ4n) is 3.71. The molecular formula is C23H23F3N4OS. The van der Waals surface area contributed by atoms with Crippen LogP contribution in [0.25, 0.3) is 10.9 Å². The molecule has 168 valence electrons. The predicted octanol–water partition coefficient (Wildman–Crippen LogP) is 4.47. The lowest BCUT2D eigenvalue weighted by Gasteiger charge is -2.35. The van der Waals surface area contributed by atoms with E-state index in [4.69, 9.17) is 0 Å². The van der Waals surface area contributed by atoms with Crippen LogP contribution in [0.15, 0.2) is 59.6 Å². The zero-order valence-electron chi connectivity index (χ0n) is 17.5. The van der Waals surface area contributed by atoms with Crippen LogP contribution in [0.2, 0.25) is 0 Å². The average molecular weight is 461 g/mol. The van der Waals surface area contributed by atoms with Gasteiger partial charge in [0.15, 0.2) is 0 Å². The van der Waals surface area contributed by atoms with Gasteiger partial charge in [0, 0.05) is 38.1 Å². The molecular weight excluding hydrogens is 437 g/mol. The van der Waals surface area contributed by atoms with Crippen molar-refractivity contribution in [3.05, 3.63) is 66.0 Å². The second kappa shape index (κ2) is 9.46. The fraction of sp³-hybridized carbons (Fsp3) is 0.348. The SMILES string of the molecule is CC(Sc1nc(C(F)(F)F)nc2ccccc12)C(=O)N1CCN(Cc2ccccc2)CC1. The highest BCUT2D eigenvalue weighted by atomic mass is 32.2. The van der Waals surface area contributed by atoms with Gasteiger partial charge < -0.3 is 4.90 Å². The lowest BCUT2D eigenvalue weighted by atomic mass is 10.2. The van der Waals surface area contributed by atoms with E-state index in [9.17, 15) is 18.0 Å². The van der Waals surface area contributed by atoms with Gasteiger partial charge in [-0.1, -0.05) is 60.3 Å². The van der Waals surface area contributed by atoms with E-state index in [1.807, 2.05) is 18.2 Å². The highest BCUT2D eigenvalue weighted by Crippen LogP contribution is 2.34. The van der Waals surface area contributed by atoms with Crippen molar-refractivity contribution < 1.29 is 18.0 Å². The van der Waals surface area contributed by atoms with Crippen LogP contribution in [0.4, 0.5) is 13.2 Å². The molecule has 0 spiro atoms. The second-order valence-electron chi connectivity index (χ2n) is 7.71. The maximum absolute atomic E-state index is 13.3. The molecule has 1 fully saturated rings. The van der Waals surface area contributed by atoms with Gasteiger partial charge in [-0.2, -0.15) is 13.2 Å². The number of aromatic nitrogens is 2. The van der Waals surface area contributed by atoms with Crippen molar-refractivity contribution in [1.29, 1.82) is 0 Å². The Morgan fingerprint density at radius 2 is 1.66 bits per heavy atom. The highest BCUT2D eigenvalue weighted by Gasteiger charge is 2.36. The monoisotopic (exact) mass is 460 g/mol. The van der Waals surface area contributed by atoms with Crippen molar-refractivity contribution in [2.24, 2.45) is 0 Å². The summed E-state index contributed by atoms with van der Waals surface area (Å²) >= 11 is 1.05. The number of piperazine rings is 1. The number of fused-ring (bicyclic) bond motifs is 1. The molecule has 4 rings (SSSR count). The molecule has 1 aromatic heterocycles. The summed E-state index contributed by atoms with van der Waals surface area (Å²) in [6.07, 6.45) is -4.65. The Kier molecular flexibility index (Phi) is 6.66. The molecule has 0 radical (unpaired) electrons. The minimum absolute atomic E-state index is 0.0920. The Morgan fingerprint density at radius 3 is 2.34 bits per heavy atom. The van der Waals surface area contributed by atoms with Gasteiger partial charge in [0.1, 0.15) is 5.03 Å². The molecule has 32 heavy (non-hydrogen) atoms. The number of carbonyl (C=O) groups is 1. The van der Waals surface area contributed by atoms with Gasteiger partial charge in [-0.3, -0.25) is 9.69 Å². The van der Waals surface area contributed by atoms with Gasteiger partial charge in [0.25, 0.3) is 0 Å². The molecule has 0 saturated carbocycles. The number of alkyl halides is 3. The van der Waals surface area contributed by atoms with E-state index >= 15 is 0 Å². The van der Waals surface area contributed by atoms with Gasteiger partial charge in [-0.15, -0.1) is 0 Å². The lowest BCUT2D eigenvalue weighted by molar-refractivity contribution is -0.145. The number of nitrogens with zero attached hydrogens (tertiary/aromatic N) is 4. The summed E-state index contributed by atoms with van der Waals surface area (Å²) < 4.78 is 39.8. The van der Waals surface area contributed by atoms with Crippen molar-refractivity contribution in [2.45, 2.75) is 29.9 Å². The summed E-state index contributed by atoms with van der Waals surface area (Å²) in [5, 5.41) is 0.124. The Morgan fingerprint density at radius 1 is 1.00 bits per heavy atom. The van der Waals surface area contributed by atoms with E-state index in [-0.39, 0.29) is 16.4 Å². The zero-order valence-corrected chi connectivity index (χ0v) is 18.4. The number of para-hydroxylation sites is 1. The van der Waals surface area contributed by atoms with Gasteiger partial charge in [0.2, 0.25) is 11.7 Å². The summed E-state index contributed by atoms with van der Waals surface area (Å²) in [6.45, 7) is 5.25. The van der Waals surface area contributed by atoms with Crippen molar-refractivity contribution in [1.82, 2.24) is 19.8 Å². The molecule has 1 amide bonds. The van der Waals surface area contributed by atoms with E-state index in [0.29, 0.717) is 18.5 Å². The molecule has 1 unspecified atom stereocenters. The molecule has 5 nitrogen and oxygen atoms in total. The molecule has 1 aliphatic rings. The normalized spacial score (nSPS) is 16.3. The van der Waals surface area contributed by atoms with Crippen LogP contribution in [0, 0.1) is 0 Å². The molecule has 2 heterocycles. The topological polar surface area (TPSA) is 49.3 Å². The molecule has 0 N–H and O–H groups in total. The second-order valence-corrected chi connectivity index (χ2v) is 9.04. The smallest absolute Gasteiger partial charge is 0.339 e. The van der Waals surface area contributed by atoms with Crippen LogP contribution in [0.5, 0.6) is 0 Å². The van der Waals surface area contributed by atoms with Gasteiger partial charge >= 0.3 is 6.18 Å². The molecule has 3 aromatic rings. The molecule has 0 aliphatic carbocycles. The fourth-order valence-corrected chi connectivity index (χ4v) is 4.73. The first-order chi connectivity index (χ1) is 15.3. The zero-order chi connectivity index (χ0) is 22.7. The van der Waals surface area contributed by atoms with Crippen molar-refractivity contribution in [3.8, 4) is 0 Å². The molecule has 1 aliphatic heterocycles. The van der Waals surface area contributed by atoms with Crippen LogP contribution in [0.3, 0.4) is 0 Å². The van der Waals surface area contributed by atoms with E-state index in [1.54, 1.807) is 30.0 Å². The molecule has 9 heteroatoms. The Labute approximate surface area is 188 Å². The highest BCUT2D eigenvalue weighted by molar-refractivity contribution is 8.00. The van der Waals surface area contributed by atoms with Crippen molar-refractivity contribution >= 4 is 28.6 Å². The standard InChI is InChI=1S/C23H23F3N4OS/c1-16(21(31)30-13-11-29(12-14-30)15-17-7-3-2-4-8-17)32-20-18-9-5-6-10-19(18)27-22(28-20)23(24,25)26/h2-10,16H,11-15H2,1H3. The van der Waals surface area contributed by atoms with Gasteiger partial charge in [0.05, 0.1) is 10.8 Å². The lowest BCUT2D eigenvalue weighted by Crippen LogP contribution is -2.50. The van der Waals surface area contributed by atoms with E-state index in [0.717, 1.165) is 31.4 Å². The number of thioether (sulfide) groups is 1. The summed E-state index contributed by atoms with van der Waals surface area (Å²) in [4.78, 5) is 24.5. The first kappa shape index (κ1) is 22.5. The minimum atomic E-state index is -4.65. The molecule has 0 bridgehead atoms.